The maximum absolute atomic E-state index is 11.9. The Kier molecular flexibility index (Phi) is 5.52. The Bertz CT molecular complexity index is 244. The largest absolute Gasteiger partial charge is 0.481 e. The highest BCUT2D eigenvalue weighted by Gasteiger charge is 1.99. The van der Waals surface area contributed by atoms with Crippen LogP contribution in [0.25, 0.3) is 0 Å². The van der Waals surface area contributed by atoms with Gasteiger partial charge in [0.1, 0.15) is 5.82 Å². The van der Waals surface area contributed by atoms with Crippen LogP contribution in [0.5, 0.6) is 0 Å². The van der Waals surface area contributed by atoms with E-state index >= 15 is 0 Å². The highest BCUT2D eigenvalue weighted by atomic mass is 19.1. The molecule has 1 aromatic carbocycles. The lowest BCUT2D eigenvalue weighted by Gasteiger charge is -1.89. The van der Waals surface area contributed by atoms with Gasteiger partial charge in [0.2, 0.25) is 0 Å². The van der Waals surface area contributed by atoms with Crippen LogP contribution >= 0.6 is 0 Å². The quantitative estimate of drug-likeness (QED) is 0.728. The van der Waals surface area contributed by atoms with Gasteiger partial charge in [-0.1, -0.05) is 32.0 Å². The zero-order chi connectivity index (χ0) is 10.3. The van der Waals surface area contributed by atoms with Crippen molar-refractivity contribution >= 4 is 5.97 Å². The molecule has 0 heterocycles. The van der Waals surface area contributed by atoms with Gasteiger partial charge in [0.25, 0.3) is 0 Å². The van der Waals surface area contributed by atoms with Gasteiger partial charge in [-0.15, -0.1) is 0 Å². The number of halogens is 1. The molecule has 0 amide bonds. The maximum atomic E-state index is 11.9. The van der Waals surface area contributed by atoms with E-state index in [2.05, 4.69) is 0 Å². The summed E-state index contributed by atoms with van der Waals surface area (Å²) in [6.45, 7) is 3.28. The summed E-state index contributed by atoms with van der Waals surface area (Å²) in [4.78, 5) is 9.70. The van der Waals surface area contributed by atoms with E-state index in [4.69, 9.17) is 5.11 Å². The van der Waals surface area contributed by atoms with E-state index in [0.717, 1.165) is 0 Å². The molecule has 1 rings (SSSR count). The molecule has 1 aromatic rings. The SMILES string of the molecule is CC(C)C(=O)O.Fc1ccccc1. The first-order valence-electron chi connectivity index (χ1n) is 3.97. The summed E-state index contributed by atoms with van der Waals surface area (Å²) >= 11 is 0. The molecule has 0 unspecified atom stereocenters. The van der Waals surface area contributed by atoms with Gasteiger partial charge in [-0.3, -0.25) is 4.79 Å². The number of benzene rings is 1. The number of hydrogen-bond acceptors (Lipinski definition) is 1. The van der Waals surface area contributed by atoms with Crippen LogP contribution < -0.4 is 0 Å². The number of rotatable bonds is 1. The fourth-order valence-corrected chi connectivity index (χ4v) is 0.415. The molecular formula is C10H13FO2. The molecular weight excluding hydrogens is 171 g/mol. The smallest absolute Gasteiger partial charge is 0.305 e. The predicted octanol–water partition coefficient (Wildman–Crippen LogP) is 2.55. The predicted molar refractivity (Wildman–Crippen MR) is 48.9 cm³/mol. The molecule has 0 saturated carbocycles. The molecule has 2 nitrogen and oxygen atoms in total. The molecule has 3 heteroatoms. The highest BCUT2D eigenvalue weighted by Crippen LogP contribution is 1.91. The molecule has 0 saturated heterocycles. The van der Waals surface area contributed by atoms with E-state index in [1.807, 2.05) is 0 Å². The highest BCUT2D eigenvalue weighted by molar-refractivity contribution is 5.68. The molecule has 0 aliphatic rings. The molecule has 0 aliphatic heterocycles. The zero-order valence-electron chi connectivity index (χ0n) is 7.70. The van der Waals surface area contributed by atoms with Gasteiger partial charge < -0.3 is 5.11 Å². The molecule has 0 spiro atoms. The van der Waals surface area contributed by atoms with Crippen molar-refractivity contribution in [2.75, 3.05) is 0 Å². The summed E-state index contributed by atoms with van der Waals surface area (Å²) in [6, 6.07) is 7.94. The summed E-state index contributed by atoms with van der Waals surface area (Å²) < 4.78 is 11.9. The van der Waals surface area contributed by atoms with Gasteiger partial charge in [0.15, 0.2) is 0 Å². The van der Waals surface area contributed by atoms with Crippen LogP contribution in [0.3, 0.4) is 0 Å². The third-order valence-electron chi connectivity index (χ3n) is 1.23. The zero-order valence-corrected chi connectivity index (χ0v) is 7.70. The van der Waals surface area contributed by atoms with Gasteiger partial charge in [0, 0.05) is 0 Å². The van der Waals surface area contributed by atoms with Crippen molar-refractivity contribution in [3.63, 3.8) is 0 Å². The lowest BCUT2D eigenvalue weighted by Crippen LogP contribution is -2.03. The second-order valence-corrected chi connectivity index (χ2v) is 2.79. The third-order valence-corrected chi connectivity index (χ3v) is 1.23. The molecule has 72 valence electrons. The van der Waals surface area contributed by atoms with Crippen LogP contribution in [0, 0.1) is 11.7 Å². The average molecular weight is 184 g/mol. The number of carboxylic acids is 1. The van der Waals surface area contributed by atoms with Gasteiger partial charge in [-0.25, -0.2) is 4.39 Å². The molecule has 0 aliphatic carbocycles. The van der Waals surface area contributed by atoms with Crippen LogP contribution in [-0.2, 0) is 4.79 Å². The van der Waals surface area contributed by atoms with Crippen LogP contribution in [0.4, 0.5) is 4.39 Å². The number of carbonyl (C=O) groups is 1. The third kappa shape index (κ3) is 7.00. The van der Waals surface area contributed by atoms with Crippen molar-refractivity contribution in [2.24, 2.45) is 5.92 Å². The van der Waals surface area contributed by atoms with E-state index < -0.39 is 5.97 Å². The van der Waals surface area contributed by atoms with Gasteiger partial charge in [-0.05, 0) is 12.1 Å². The second kappa shape index (κ2) is 6.17. The van der Waals surface area contributed by atoms with E-state index in [1.165, 1.54) is 12.1 Å². The number of hydrogen-bond donors (Lipinski definition) is 1. The lowest BCUT2D eigenvalue weighted by molar-refractivity contribution is -0.140. The topological polar surface area (TPSA) is 37.3 Å². The normalized spacial score (nSPS) is 8.92. The van der Waals surface area contributed by atoms with Crippen molar-refractivity contribution in [2.45, 2.75) is 13.8 Å². The number of carboxylic acid groups (broad SMARTS) is 1. The number of aliphatic carboxylic acids is 1. The van der Waals surface area contributed by atoms with Crippen molar-refractivity contribution in [1.82, 2.24) is 0 Å². The minimum Gasteiger partial charge on any atom is -0.481 e. The van der Waals surface area contributed by atoms with Crippen molar-refractivity contribution in [3.05, 3.63) is 36.1 Å². The summed E-state index contributed by atoms with van der Waals surface area (Å²) in [6.07, 6.45) is 0. The average Bonchev–Trinajstić information content (AvgIpc) is 2.06. The Labute approximate surface area is 77.0 Å². The van der Waals surface area contributed by atoms with Crippen molar-refractivity contribution in [3.8, 4) is 0 Å². The van der Waals surface area contributed by atoms with Gasteiger partial charge >= 0.3 is 5.97 Å². The molecule has 0 bridgehead atoms. The standard InChI is InChI=1S/C6H5F.C4H8O2/c7-6-4-2-1-3-5-6;1-3(2)4(5)6/h1-5H;3H,1-2H3,(H,5,6). The second-order valence-electron chi connectivity index (χ2n) is 2.79. The molecule has 0 radical (unpaired) electrons. The Morgan fingerprint density at radius 1 is 1.31 bits per heavy atom. The Balaban J connectivity index is 0.000000226. The summed E-state index contributed by atoms with van der Waals surface area (Å²) in [5, 5.41) is 7.99. The first-order valence-corrected chi connectivity index (χ1v) is 3.97. The van der Waals surface area contributed by atoms with Crippen LogP contribution in [0.15, 0.2) is 30.3 Å². The Morgan fingerprint density at radius 2 is 1.69 bits per heavy atom. The minimum absolute atomic E-state index is 0.178. The summed E-state index contributed by atoms with van der Waals surface area (Å²) in [7, 11) is 0. The summed E-state index contributed by atoms with van der Waals surface area (Å²) in [5.41, 5.74) is 0. The van der Waals surface area contributed by atoms with Gasteiger partial charge in [0.05, 0.1) is 5.92 Å². The van der Waals surface area contributed by atoms with E-state index in [0.29, 0.717) is 0 Å². The van der Waals surface area contributed by atoms with Crippen LogP contribution in [-0.4, -0.2) is 11.1 Å². The van der Waals surface area contributed by atoms with Crippen molar-refractivity contribution in [1.29, 1.82) is 0 Å². The summed E-state index contributed by atoms with van der Waals surface area (Å²) in [5.74, 6) is -1.15. The van der Waals surface area contributed by atoms with E-state index in [-0.39, 0.29) is 11.7 Å². The first-order chi connectivity index (χ1) is 6.04. The van der Waals surface area contributed by atoms with Crippen LogP contribution in [0.1, 0.15) is 13.8 Å². The fourth-order valence-electron chi connectivity index (χ4n) is 0.415. The Morgan fingerprint density at radius 3 is 1.85 bits per heavy atom. The van der Waals surface area contributed by atoms with E-state index in [1.54, 1.807) is 32.0 Å². The monoisotopic (exact) mass is 184 g/mol. The van der Waals surface area contributed by atoms with Crippen molar-refractivity contribution < 1.29 is 14.3 Å². The molecule has 0 atom stereocenters. The Hall–Kier alpha value is -1.38. The van der Waals surface area contributed by atoms with E-state index in [9.17, 15) is 9.18 Å². The fraction of sp³-hybridized carbons (Fsp3) is 0.300. The minimum atomic E-state index is -0.741. The van der Waals surface area contributed by atoms with Crippen LogP contribution in [0.2, 0.25) is 0 Å². The lowest BCUT2D eigenvalue weighted by atomic mass is 10.2. The first kappa shape index (κ1) is 11.6. The molecule has 13 heavy (non-hydrogen) atoms. The molecule has 0 fully saturated rings. The van der Waals surface area contributed by atoms with Gasteiger partial charge in [-0.2, -0.15) is 0 Å². The maximum Gasteiger partial charge on any atom is 0.305 e. The molecule has 0 aromatic heterocycles. The molecule has 1 N–H and O–H groups in total.